The van der Waals surface area contributed by atoms with E-state index in [9.17, 15) is 14.4 Å². The van der Waals surface area contributed by atoms with E-state index in [-0.39, 0.29) is 18.3 Å². The Balaban J connectivity index is 1.90. The Hall–Kier alpha value is -4.31. The van der Waals surface area contributed by atoms with Crippen LogP contribution in [0.1, 0.15) is 5.56 Å². The topological polar surface area (TPSA) is 118 Å². The number of carbonyl (C=O) groups is 3. The van der Waals surface area contributed by atoms with E-state index in [1.165, 1.54) is 18.9 Å². The predicted molar refractivity (Wildman–Crippen MR) is 135 cm³/mol. The lowest BCUT2D eigenvalue weighted by Gasteiger charge is -2.16. The van der Waals surface area contributed by atoms with Gasteiger partial charge < -0.3 is 20.1 Å². The summed E-state index contributed by atoms with van der Waals surface area (Å²) < 4.78 is 9.13. The maximum atomic E-state index is 12.8. The summed E-state index contributed by atoms with van der Waals surface area (Å²) in [5, 5.41) is 8.06. The van der Waals surface area contributed by atoms with Crippen LogP contribution in [-0.4, -0.2) is 38.3 Å². The van der Waals surface area contributed by atoms with Gasteiger partial charge in [-0.15, -0.1) is 4.99 Å². The fourth-order valence-corrected chi connectivity index (χ4v) is 3.78. The minimum atomic E-state index is -0.935. The third-order valence-electron chi connectivity index (χ3n) is 4.49. The molecule has 35 heavy (non-hydrogen) atoms. The highest BCUT2D eigenvalue weighted by Gasteiger charge is 2.14. The zero-order chi connectivity index (χ0) is 25.0. The Morgan fingerprint density at radius 1 is 0.800 bits per heavy atom. The number of rotatable bonds is 6. The zero-order valence-electron chi connectivity index (χ0n) is 19.1. The van der Waals surface area contributed by atoms with Gasteiger partial charge in [-0.25, -0.2) is 9.59 Å². The van der Waals surface area contributed by atoms with Crippen LogP contribution < -0.4 is 16.0 Å². The fourth-order valence-electron chi connectivity index (χ4n) is 2.90. The Labute approximate surface area is 206 Å². The van der Waals surface area contributed by atoms with Crippen molar-refractivity contribution >= 4 is 47.2 Å². The smallest absolute Gasteiger partial charge is 0.436 e. The van der Waals surface area contributed by atoms with Gasteiger partial charge in [0.25, 0.3) is 0 Å². The number of methoxy groups -OCH3 is 2. The van der Waals surface area contributed by atoms with Crippen LogP contribution in [0.5, 0.6) is 0 Å². The van der Waals surface area contributed by atoms with Crippen LogP contribution in [0.15, 0.2) is 93.6 Å². The molecule has 0 aliphatic carbocycles. The Kier molecular flexibility index (Phi) is 9.26. The number of amides is 3. The maximum absolute atomic E-state index is 12.8. The molecule has 0 saturated heterocycles. The summed E-state index contributed by atoms with van der Waals surface area (Å²) in [6.07, 6.45) is -1.61. The molecule has 0 fully saturated rings. The average molecular weight is 493 g/mol. The molecule has 3 aromatic rings. The lowest BCUT2D eigenvalue weighted by molar-refractivity contribution is -0.115. The third kappa shape index (κ3) is 8.20. The SMILES string of the molecule is COC(=O)/N=C(/NC(=O)OC)Nc1ccc(Sc2ccccc2)cc1NC(=O)Cc1ccccc1. The minimum absolute atomic E-state index is 0.167. The third-order valence-corrected chi connectivity index (χ3v) is 5.49. The Morgan fingerprint density at radius 3 is 2.14 bits per heavy atom. The van der Waals surface area contributed by atoms with E-state index in [0.29, 0.717) is 11.4 Å². The summed E-state index contributed by atoms with van der Waals surface area (Å²) in [6.45, 7) is 0. The van der Waals surface area contributed by atoms with Gasteiger partial charge in [0, 0.05) is 9.79 Å². The van der Waals surface area contributed by atoms with Crippen molar-refractivity contribution in [2.24, 2.45) is 4.99 Å². The van der Waals surface area contributed by atoms with Gasteiger partial charge in [0.1, 0.15) is 0 Å². The first-order valence-corrected chi connectivity index (χ1v) is 11.3. The lowest BCUT2D eigenvalue weighted by Crippen LogP contribution is -2.36. The van der Waals surface area contributed by atoms with Gasteiger partial charge in [0.05, 0.1) is 32.0 Å². The van der Waals surface area contributed by atoms with Crippen molar-refractivity contribution in [3.8, 4) is 0 Å². The molecule has 180 valence electrons. The number of guanidine groups is 1. The molecule has 0 aliphatic heterocycles. The number of anilines is 2. The summed E-state index contributed by atoms with van der Waals surface area (Å²) in [7, 11) is 2.34. The lowest BCUT2D eigenvalue weighted by atomic mass is 10.1. The second-order valence-corrected chi connectivity index (χ2v) is 8.15. The average Bonchev–Trinajstić information content (AvgIpc) is 2.86. The first-order chi connectivity index (χ1) is 17.0. The van der Waals surface area contributed by atoms with Crippen molar-refractivity contribution < 1.29 is 23.9 Å². The maximum Gasteiger partial charge on any atom is 0.436 e. The van der Waals surface area contributed by atoms with Gasteiger partial charge in [-0.2, -0.15) is 0 Å². The number of hydrogen-bond donors (Lipinski definition) is 3. The van der Waals surface area contributed by atoms with Crippen molar-refractivity contribution in [2.75, 3.05) is 24.9 Å². The normalized spacial score (nSPS) is 10.7. The number of hydrogen-bond acceptors (Lipinski definition) is 6. The van der Waals surface area contributed by atoms with Crippen molar-refractivity contribution in [1.82, 2.24) is 5.32 Å². The highest BCUT2D eigenvalue weighted by Crippen LogP contribution is 2.33. The van der Waals surface area contributed by atoms with Gasteiger partial charge in [-0.05, 0) is 35.9 Å². The van der Waals surface area contributed by atoms with Crippen LogP contribution in [0.4, 0.5) is 21.0 Å². The van der Waals surface area contributed by atoms with Crippen molar-refractivity contribution in [3.05, 3.63) is 84.4 Å². The van der Waals surface area contributed by atoms with E-state index in [4.69, 9.17) is 0 Å². The summed E-state index contributed by atoms with van der Waals surface area (Å²) >= 11 is 1.52. The van der Waals surface area contributed by atoms with Crippen LogP contribution in [0.3, 0.4) is 0 Å². The molecule has 0 saturated carbocycles. The van der Waals surface area contributed by atoms with Crippen molar-refractivity contribution in [2.45, 2.75) is 16.2 Å². The van der Waals surface area contributed by atoms with Crippen LogP contribution in [0, 0.1) is 0 Å². The molecule has 3 rings (SSSR count). The molecule has 10 heteroatoms. The van der Waals surface area contributed by atoms with Gasteiger partial charge in [0.2, 0.25) is 11.9 Å². The summed E-state index contributed by atoms with van der Waals surface area (Å²) in [5.74, 6) is -0.473. The number of alkyl carbamates (subject to hydrolysis) is 1. The highest BCUT2D eigenvalue weighted by atomic mass is 32.2. The molecule has 3 aromatic carbocycles. The van der Waals surface area contributed by atoms with E-state index >= 15 is 0 Å². The van der Waals surface area contributed by atoms with E-state index in [1.807, 2.05) is 66.7 Å². The van der Waals surface area contributed by atoms with Crippen LogP contribution in [-0.2, 0) is 20.7 Å². The monoisotopic (exact) mass is 492 g/mol. The molecule has 0 radical (unpaired) electrons. The van der Waals surface area contributed by atoms with Gasteiger partial charge in [-0.3, -0.25) is 10.1 Å². The number of aliphatic imine (C=N–C) groups is 1. The Bertz CT molecular complexity index is 1200. The summed E-state index contributed by atoms with van der Waals surface area (Å²) in [6, 6.07) is 24.4. The second-order valence-electron chi connectivity index (χ2n) is 7.01. The predicted octanol–water partition coefficient (Wildman–Crippen LogP) is 4.91. The standard InChI is InChI=1S/C25H24N4O5S/c1-33-24(31)28-23(29-25(32)34-2)27-20-14-13-19(35-18-11-7-4-8-12-18)16-21(20)26-22(30)15-17-9-5-3-6-10-17/h3-14,16H,15H2,1-2H3,(H,26,30)(H2,27,28,29,31,32). The molecule has 0 atom stereocenters. The van der Waals surface area contributed by atoms with Crippen molar-refractivity contribution in [3.63, 3.8) is 0 Å². The van der Waals surface area contributed by atoms with Crippen LogP contribution >= 0.6 is 11.8 Å². The van der Waals surface area contributed by atoms with E-state index < -0.39 is 12.2 Å². The van der Waals surface area contributed by atoms with Crippen molar-refractivity contribution in [1.29, 1.82) is 0 Å². The molecule has 0 aromatic heterocycles. The molecule has 0 aliphatic rings. The molecule has 3 N–H and O–H groups in total. The second kappa shape index (κ2) is 12.8. The molecule has 0 bridgehead atoms. The fraction of sp³-hybridized carbons (Fsp3) is 0.120. The molecule has 0 spiro atoms. The zero-order valence-corrected chi connectivity index (χ0v) is 19.9. The minimum Gasteiger partial charge on any atom is -0.453 e. The molecule has 0 heterocycles. The van der Waals surface area contributed by atoms with E-state index in [2.05, 4.69) is 30.4 Å². The van der Waals surface area contributed by atoms with Gasteiger partial charge in [-0.1, -0.05) is 60.3 Å². The number of benzene rings is 3. The largest absolute Gasteiger partial charge is 0.453 e. The summed E-state index contributed by atoms with van der Waals surface area (Å²) in [5.41, 5.74) is 1.67. The number of nitrogens with zero attached hydrogens (tertiary/aromatic N) is 1. The van der Waals surface area contributed by atoms with Crippen LogP contribution in [0.2, 0.25) is 0 Å². The van der Waals surface area contributed by atoms with Gasteiger partial charge in [0.15, 0.2) is 0 Å². The van der Waals surface area contributed by atoms with Crippen LogP contribution in [0.25, 0.3) is 0 Å². The molecule has 0 unspecified atom stereocenters. The first-order valence-electron chi connectivity index (χ1n) is 10.5. The number of nitrogens with one attached hydrogen (secondary N) is 3. The highest BCUT2D eigenvalue weighted by molar-refractivity contribution is 7.99. The summed E-state index contributed by atoms with van der Waals surface area (Å²) in [4.78, 5) is 41.8. The quantitative estimate of drug-likeness (QED) is 0.331. The van der Waals surface area contributed by atoms with Gasteiger partial charge >= 0.3 is 12.2 Å². The van der Waals surface area contributed by atoms with E-state index in [1.54, 1.807) is 12.1 Å². The number of carbonyl (C=O) groups excluding carboxylic acids is 3. The molecular formula is C25H24N4O5S. The molecule has 9 nitrogen and oxygen atoms in total. The van der Waals surface area contributed by atoms with E-state index in [0.717, 1.165) is 22.5 Å². The Morgan fingerprint density at radius 2 is 1.49 bits per heavy atom. The number of ether oxygens (including phenoxy) is 2. The molecule has 3 amide bonds. The molecular weight excluding hydrogens is 468 g/mol. The first kappa shape index (κ1) is 25.3.